The Hall–Kier alpha value is -2.61. The molecule has 0 heterocycles. The number of nitrogens with one attached hydrogen (secondary N) is 2. The summed E-state index contributed by atoms with van der Waals surface area (Å²) in [7, 11) is 0. The van der Waals surface area contributed by atoms with Gasteiger partial charge in [-0.1, -0.05) is 26.0 Å². The summed E-state index contributed by atoms with van der Waals surface area (Å²) < 4.78 is 43.9. The number of carbonyl (C=O) groups is 1. The normalized spacial score (nSPS) is 11.2. The zero-order chi connectivity index (χ0) is 20.7. The average Bonchev–Trinajstić information content (AvgIpc) is 2.61. The van der Waals surface area contributed by atoms with Crippen molar-refractivity contribution >= 4 is 28.9 Å². The van der Waals surface area contributed by atoms with Crippen LogP contribution in [-0.2, 0) is 6.18 Å². The molecule has 0 atom stereocenters. The van der Waals surface area contributed by atoms with Crippen molar-refractivity contribution in [2.24, 2.45) is 5.92 Å². The Labute approximate surface area is 167 Å². The maximum Gasteiger partial charge on any atom is 0.416 e. The lowest BCUT2D eigenvalue weighted by Gasteiger charge is -2.13. The van der Waals surface area contributed by atoms with Crippen LogP contribution in [0, 0.1) is 5.92 Å². The summed E-state index contributed by atoms with van der Waals surface area (Å²) in [4.78, 5) is 12.3. The molecular formula is C20H21F3N2O2S. The Morgan fingerprint density at radius 3 is 2.54 bits per heavy atom. The van der Waals surface area contributed by atoms with Crippen LogP contribution < -0.4 is 15.4 Å². The minimum atomic E-state index is -4.46. The van der Waals surface area contributed by atoms with Crippen LogP contribution in [0.2, 0.25) is 0 Å². The van der Waals surface area contributed by atoms with Gasteiger partial charge in [-0.15, -0.1) is 0 Å². The Morgan fingerprint density at radius 2 is 1.86 bits per heavy atom. The fraction of sp³-hybridized carbons (Fsp3) is 0.300. The molecule has 0 saturated heterocycles. The summed E-state index contributed by atoms with van der Waals surface area (Å²) in [6.07, 6.45) is -3.57. The van der Waals surface area contributed by atoms with Gasteiger partial charge in [-0.2, -0.15) is 13.2 Å². The fourth-order valence-electron chi connectivity index (χ4n) is 2.25. The maximum atomic E-state index is 12.8. The largest absolute Gasteiger partial charge is 0.494 e. The first-order valence-corrected chi connectivity index (χ1v) is 9.08. The minimum absolute atomic E-state index is 0.101. The monoisotopic (exact) mass is 410 g/mol. The molecular weight excluding hydrogens is 389 g/mol. The third kappa shape index (κ3) is 6.84. The quantitative estimate of drug-likeness (QED) is 0.638. The van der Waals surface area contributed by atoms with E-state index in [1.807, 2.05) is 0 Å². The van der Waals surface area contributed by atoms with Crippen LogP contribution in [0.25, 0.3) is 0 Å². The molecule has 2 rings (SSSR count). The number of rotatable bonds is 6. The molecule has 0 bridgehead atoms. The number of carbonyl (C=O) groups excluding carboxylic acids is 1. The first-order valence-electron chi connectivity index (χ1n) is 8.67. The van der Waals surface area contributed by atoms with Crippen molar-refractivity contribution in [3.8, 4) is 5.75 Å². The predicted molar refractivity (Wildman–Crippen MR) is 107 cm³/mol. The molecule has 28 heavy (non-hydrogen) atoms. The third-order valence-corrected chi connectivity index (χ3v) is 3.94. The molecule has 0 aromatic heterocycles. The first kappa shape index (κ1) is 21.7. The van der Waals surface area contributed by atoms with E-state index in [1.165, 1.54) is 12.1 Å². The molecule has 0 unspecified atom stereocenters. The number of halogens is 3. The van der Waals surface area contributed by atoms with Crippen molar-refractivity contribution in [3.05, 3.63) is 59.7 Å². The smallest absolute Gasteiger partial charge is 0.416 e. The number of benzene rings is 2. The fourth-order valence-corrected chi connectivity index (χ4v) is 2.46. The average molecular weight is 410 g/mol. The van der Waals surface area contributed by atoms with E-state index < -0.39 is 17.6 Å². The van der Waals surface area contributed by atoms with E-state index in [1.54, 1.807) is 24.3 Å². The zero-order valence-electron chi connectivity index (χ0n) is 15.5. The first-order chi connectivity index (χ1) is 13.1. The molecule has 2 aromatic carbocycles. The van der Waals surface area contributed by atoms with Gasteiger partial charge in [0.05, 0.1) is 12.2 Å². The van der Waals surface area contributed by atoms with Gasteiger partial charge in [-0.3, -0.25) is 10.1 Å². The van der Waals surface area contributed by atoms with E-state index in [0.717, 1.165) is 18.6 Å². The summed E-state index contributed by atoms with van der Waals surface area (Å²) in [6.45, 7) is 4.72. The van der Waals surface area contributed by atoms with Gasteiger partial charge < -0.3 is 10.1 Å². The molecule has 0 aliphatic heterocycles. The number of thiocarbonyl (C=S) groups is 1. The molecule has 0 fully saturated rings. The number of anilines is 1. The van der Waals surface area contributed by atoms with Crippen LogP contribution in [-0.4, -0.2) is 17.6 Å². The molecule has 4 nitrogen and oxygen atoms in total. The topological polar surface area (TPSA) is 50.4 Å². The SMILES string of the molecule is CC(C)CCOc1cccc(C(=O)NC(=S)Nc2cccc(C(F)(F)F)c2)c1. The highest BCUT2D eigenvalue weighted by Crippen LogP contribution is 2.30. The van der Waals surface area contributed by atoms with E-state index in [0.29, 0.717) is 23.8 Å². The number of hydrogen-bond donors (Lipinski definition) is 2. The van der Waals surface area contributed by atoms with E-state index >= 15 is 0 Å². The zero-order valence-corrected chi connectivity index (χ0v) is 16.3. The van der Waals surface area contributed by atoms with Crippen LogP contribution in [0.5, 0.6) is 5.75 Å². The van der Waals surface area contributed by atoms with Gasteiger partial charge in [0.25, 0.3) is 5.91 Å². The molecule has 0 aliphatic carbocycles. The van der Waals surface area contributed by atoms with Gasteiger partial charge in [-0.05, 0) is 61.0 Å². The lowest BCUT2D eigenvalue weighted by atomic mass is 10.1. The predicted octanol–water partition coefficient (Wildman–Crippen LogP) is 5.26. The van der Waals surface area contributed by atoms with Crippen LogP contribution in [0.1, 0.15) is 36.2 Å². The van der Waals surface area contributed by atoms with Crippen molar-refractivity contribution in [2.75, 3.05) is 11.9 Å². The van der Waals surface area contributed by atoms with Gasteiger partial charge in [-0.25, -0.2) is 0 Å². The van der Waals surface area contributed by atoms with Crippen LogP contribution in [0.3, 0.4) is 0 Å². The van der Waals surface area contributed by atoms with Crippen LogP contribution in [0.15, 0.2) is 48.5 Å². The van der Waals surface area contributed by atoms with Crippen LogP contribution in [0.4, 0.5) is 18.9 Å². The standard InChI is InChI=1S/C20H21F3N2O2S/c1-13(2)9-10-27-17-8-3-5-14(11-17)18(26)25-19(28)24-16-7-4-6-15(12-16)20(21,22)23/h3-8,11-13H,9-10H2,1-2H3,(H2,24,25,26,28). The second-order valence-electron chi connectivity index (χ2n) is 6.55. The van der Waals surface area contributed by atoms with E-state index in [-0.39, 0.29) is 10.8 Å². The van der Waals surface area contributed by atoms with E-state index in [4.69, 9.17) is 17.0 Å². The molecule has 1 amide bonds. The number of amides is 1. The summed E-state index contributed by atoms with van der Waals surface area (Å²) in [5, 5.41) is 4.93. The molecule has 0 radical (unpaired) electrons. The van der Waals surface area contributed by atoms with E-state index in [9.17, 15) is 18.0 Å². The van der Waals surface area contributed by atoms with Crippen LogP contribution >= 0.6 is 12.2 Å². The van der Waals surface area contributed by atoms with Gasteiger partial charge in [0.1, 0.15) is 5.75 Å². The third-order valence-electron chi connectivity index (χ3n) is 3.73. The maximum absolute atomic E-state index is 12.8. The van der Waals surface area contributed by atoms with Gasteiger partial charge in [0.15, 0.2) is 5.11 Å². The Bertz CT molecular complexity index is 838. The Balaban J connectivity index is 1.96. The molecule has 0 saturated carbocycles. The highest BCUT2D eigenvalue weighted by atomic mass is 32.1. The van der Waals surface area contributed by atoms with Crippen molar-refractivity contribution in [1.82, 2.24) is 5.32 Å². The molecule has 2 aromatic rings. The highest BCUT2D eigenvalue weighted by molar-refractivity contribution is 7.80. The molecule has 8 heteroatoms. The number of ether oxygens (including phenoxy) is 1. The lowest BCUT2D eigenvalue weighted by molar-refractivity contribution is -0.137. The summed E-state index contributed by atoms with van der Waals surface area (Å²) in [6, 6.07) is 11.2. The van der Waals surface area contributed by atoms with E-state index in [2.05, 4.69) is 24.5 Å². The molecule has 2 N–H and O–H groups in total. The second-order valence-corrected chi connectivity index (χ2v) is 6.95. The molecule has 150 valence electrons. The molecule has 0 spiro atoms. The van der Waals surface area contributed by atoms with Gasteiger partial charge in [0, 0.05) is 11.3 Å². The Kier molecular flexibility index (Phi) is 7.39. The summed E-state index contributed by atoms with van der Waals surface area (Å²) >= 11 is 5.02. The van der Waals surface area contributed by atoms with Gasteiger partial charge in [0.2, 0.25) is 0 Å². The summed E-state index contributed by atoms with van der Waals surface area (Å²) in [5.41, 5.74) is -0.348. The second kappa shape index (κ2) is 9.54. The number of hydrogen-bond acceptors (Lipinski definition) is 3. The van der Waals surface area contributed by atoms with Crippen molar-refractivity contribution in [2.45, 2.75) is 26.4 Å². The van der Waals surface area contributed by atoms with Gasteiger partial charge >= 0.3 is 6.18 Å². The number of alkyl halides is 3. The lowest BCUT2D eigenvalue weighted by Crippen LogP contribution is -2.34. The Morgan fingerprint density at radius 1 is 1.14 bits per heavy atom. The van der Waals surface area contributed by atoms with Crippen molar-refractivity contribution in [1.29, 1.82) is 0 Å². The highest BCUT2D eigenvalue weighted by Gasteiger charge is 2.30. The van der Waals surface area contributed by atoms with Crippen molar-refractivity contribution in [3.63, 3.8) is 0 Å². The summed E-state index contributed by atoms with van der Waals surface area (Å²) in [5.74, 6) is 0.578. The molecule has 0 aliphatic rings. The minimum Gasteiger partial charge on any atom is -0.494 e. The van der Waals surface area contributed by atoms with Crippen molar-refractivity contribution < 1.29 is 22.7 Å².